The lowest BCUT2D eigenvalue weighted by Crippen LogP contribution is -2.40. The number of carbonyl (C=O) groups excluding carboxylic acids is 1. The molecule has 0 heterocycles. The molecule has 0 saturated carbocycles. The van der Waals surface area contributed by atoms with Crippen molar-refractivity contribution in [3.05, 3.63) is 95.3 Å². The number of nitrogens with one attached hydrogen (secondary N) is 1. The average Bonchev–Trinajstić information content (AvgIpc) is 2.94. The number of ether oxygens (including phenoxy) is 1. The smallest absolute Gasteiger partial charge is 0.464 e. The molecule has 0 aromatic heterocycles. The van der Waals surface area contributed by atoms with Crippen LogP contribution in [0, 0.1) is 35.0 Å². The van der Waals surface area contributed by atoms with Crippen LogP contribution in [0.15, 0.2) is 60.7 Å². The van der Waals surface area contributed by atoms with Crippen molar-refractivity contribution in [1.82, 2.24) is 5.09 Å². The van der Waals surface area contributed by atoms with E-state index in [1.54, 1.807) is 36.4 Å². The average molecular weight is 571 g/mol. The van der Waals surface area contributed by atoms with Gasteiger partial charge in [-0.25, -0.2) is 17.7 Å². The monoisotopic (exact) mass is 571 g/mol. The number of esters is 1. The van der Waals surface area contributed by atoms with Gasteiger partial charge in [-0.3, -0.25) is 4.79 Å². The van der Waals surface area contributed by atoms with Gasteiger partial charge in [0.05, 0.1) is 6.61 Å². The van der Waals surface area contributed by atoms with Crippen molar-refractivity contribution in [2.45, 2.75) is 39.2 Å². The predicted molar refractivity (Wildman–Crippen MR) is 134 cm³/mol. The molecule has 6 nitrogen and oxygen atoms in total. The molecule has 0 aliphatic heterocycles. The fourth-order valence-electron chi connectivity index (χ4n) is 3.52. The molecule has 0 aliphatic carbocycles. The number of benzene rings is 3. The molecule has 3 aromatic rings. The lowest BCUT2D eigenvalue weighted by Gasteiger charge is -2.26. The third-order valence-corrected chi connectivity index (χ3v) is 7.35. The summed E-state index contributed by atoms with van der Waals surface area (Å²) >= 11 is 0. The van der Waals surface area contributed by atoms with Crippen molar-refractivity contribution in [2.24, 2.45) is 5.92 Å². The zero-order valence-electron chi connectivity index (χ0n) is 21.1. The summed E-state index contributed by atoms with van der Waals surface area (Å²) in [6, 6.07) is 14.1. The first-order valence-electron chi connectivity index (χ1n) is 12.1. The highest BCUT2D eigenvalue weighted by Gasteiger charge is 2.39. The lowest BCUT2D eigenvalue weighted by molar-refractivity contribution is -0.147. The first-order chi connectivity index (χ1) is 18.6. The van der Waals surface area contributed by atoms with Gasteiger partial charge in [0.2, 0.25) is 34.8 Å². The second-order valence-electron chi connectivity index (χ2n) is 8.58. The number of halogens is 5. The van der Waals surface area contributed by atoms with E-state index in [1.807, 2.05) is 13.8 Å². The fourth-order valence-corrected chi connectivity index (χ4v) is 5.04. The Morgan fingerprint density at radius 3 is 1.85 bits per heavy atom. The van der Waals surface area contributed by atoms with Crippen LogP contribution >= 0.6 is 7.75 Å². The highest BCUT2D eigenvalue weighted by molar-refractivity contribution is 7.52. The van der Waals surface area contributed by atoms with Gasteiger partial charge in [-0.15, -0.1) is 0 Å². The molecule has 0 amide bonds. The van der Waals surface area contributed by atoms with Gasteiger partial charge in [-0.2, -0.15) is 13.9 Å². The molecule has 0 aliphatic rings. The van der Waals surface area contributed by atoms with Crippen molar-refractivity contribution < 1.29 is 45.1 Å². The van der Waals surface area contributed by atoms with Crippen LogP contribution in [0.5, 0.6) is 11.5 Å². The summed E-state index contributed by atoms with van der Waals surface area (Å²) in [5, 5.41) is 2.31. The van der Waals surface area contributed by atoms with Gasteiger partial charge >= 0.3 is 13.7 Å². The third kappa shape index (κ3) is 7.80. The Labute approximate surface area is 222 Å². The molecule has 1 unspecified atom stereocenters. The quantitative estimate of drug-likeness (QED) is 0.0774. The van der Waals surface area contributed by atoms with E-state index in [1.165, 1.54) is 24.3 Å². The molecule has 0 bridgehead atoms. The summed E-state index contributed by atoms with van der Waals surface area (Å²) in [6.45, 7) is 3.88. The standard InChI is InChI=1S/C27H27F5NO5P/c1-3-17(4-2)16-36-27(34)20(15-18-11-7-5-8-12-18)33-39(35,37-19-13-9-6-10-14-19)38-26-24(31)22(29)21(28)23(30)25(26)32/h5-14,17,20H,3-4,15-16H2,1-2H3,(H,33,35)/t20-,39?/m0/s1. The number of carbonyl (C=O) groups is 1. The third-order valence-electron chi connectivity index (χ3n) is 5.85. The minimum Gasteiger partial charge on any atom is -0.464 e. The van der Waals surface area contributed by atoms with Crippen LogP contribution in [0.2, 0.25) is 0 Å². The van der Waals surface area contributed by atoms with Crippen molar-refractivity contribution >= 4 is 13.7 Å². The van der Waals surface area contributed by atoms with Crippen LogP contribution in [0.4, 0.5) is 22.0 Å². The second kappa shape index (κ2) is 13.6. The van der Waals surface area contributed by atoms with E-state index in [0.717, 1.165) is 12.8 Å². The fraction of sp³-hybridized carbons (Fsp3) is 0.296. The Kier molecular flexibility index (Phi) is 10.5. The zero-order chi connectivity index (χ0) is 28.6. The van der Waals surface area contributed by atoms with Crippen molar-refractivity contribution in [3.8, 4) is 11.5 Å². The minimum absolute atomic E-state index is 0.0428. The molecule has 3 aromatic carbocycles. The number of para-hydroxylation sites is 1. The van der Waals surface area contributed by atoms with Crippen LogP contribution in [-0.2, 0) is 20.5 Å². The normalized spacial score (nSPS) is 13.5. The molecule has 3 rings (SSSR count). The van der Waals surface area contributed by atoms with Crippen molar-refractivity contribution in [2.75, 3.05) is 6.61 Å². The van der Waals surface area contributed by atoms with Crippen LogP contribution in [0.1, 0.15) is 32.3 Å². The zero-order valence-corrected chi connectivity index (χ0v) is 22.0. The summed E-state index contributed by atoms with van der Waals surface area (Å²) in [7, 11) is -5.07. The van der Waals surface area contributed by atoms with E-state index in [-0.39, 0.29) is 24.7 Å². The van der Waals surface area contributed by atoms with Gasteiger partial charge in [-0.05, 0) is 30.0 Å². The molecule has 1 N–H and O–H groups in total. The molecule has 0 saturated heterocycles. The van der Waals surface area contributed by atoms with E-state index in [2.05, 4.69) is 5.09 Å². The molecule has 2 atom stereocenters. The molecular weight excluding hydrogens is 544 g/mol. The Balaban J connectivity index is 2.02. The molecule has 0 radical (unpaired) electrons. The first kappa shape index (κ1) is 30.1. The van der Waals surface area contributed by atoms with Gasteiger partial charge in [0.1, 0.15) is 11.8 Å². The van der Waals surface area contributed by atoms with E-state index in [4.69, 9.17) is 13.8 Å². The minimum atomic E-state index is -5.07. The van der Waals surface area contributed by atoms with E-state index in [9.17, 15) is 31.3 Å². The maximum atomic E-state index is 14.5. The highest BCUT2D eigenvalue weighted by atomic mass is 31.2. The molecule has 210 valence electrons. The maximum Gasteiger partial charge on any atom is 0.513 e. The second-order valence-corrected chi connectivity index (χ2v) is 10.2. The van der Waals surface area contributed by atoms with Gasteiger partial charge < -0.3 is 13.8 Å². The molecule has 12 heteroatoms. The van der Waals surface area contributed by atoms with Crippen LogP contribution in [-0.4, -0.2) is 18.6 Å². The van der Waals surface area contributed by atoms with Gasteiger partial charge in [-0.1, -0.05) is 75.2 Å². The first-order valence-corrected chi connectivity index (χ1v) is 13.7. The van der Waals surface area contributed by atoms with Gasteiger partial charge in [0.25, 0.3) is 0 Å². The summed E-state index contributed by atoms with van der Waals surface area (Å²) in [5.41, 5.74) is 0.581. The maximum absolute atomic E-state index is 14.5. The van der Waals surface area contributed by atoms with E-state index < -0.39 is 54.6 Å². The number of rotatable bonds is 13. The summed E-state index contributed by atoms with van der Waals surface area (Å²) in [4.78, 5) is 13.1. The van der Waals surface area contributed by atoms with Gasteiger partial charge in [0, 0.05) is 0 Å². The molecule has 0 fully saturated rings. The van der Waals surface area contributed by atoms with Crippen molar-refractivity contribution in [3.63, 3.8) is 0 Å². The van der Waals surface area contributed by atoms with Crippen LogP contribution < -0.4 is 14.1 Å². The summed E-state index contributed by atoms with van der Waals surface area (Å²) in [6.07, 6.45) is 1.31. The summed E-state index contributed by atoms with van der Waals surface area (Å²) < 4.78 is 99.8. The Bertz CT molecular complexity index is 1280. The molecule has 39 heavy (non-hydrogen) atoms. The summed E-state index contributed by atoms with van der Waals surface area (Å²) in [5.74, 6) is -14.6. The van der Waals surface area contributed by atoms with Crippen LogP contribution in [0.3, 0.4) is 0 Å². The van der Waals surface area contributed by atoms with E-state index in [0.29, 0.717) is 5.56 Å². The van der Waals surface area contributed by atoms with E-state index >= 15 is 0 Å². The Morgan fingerprint density at radius 1 is 0.795 bits per heavy atom. The number of hydrogen-bond donors (Lipinski definition) is 1. The largest absolute Gasteiger partial charge is 0.513 e. The molecule has 0 spiro atoms. The Hall–Kier alpha value is -3.43. The predicted octanol–water partition coefficient (Wildman–Crippen LogP) is 7.13. The highest BCUT2D eigenvalue weighted by Crippen LogP contribution is 2.47. The van der Waals surface area contributed by atoms with Crippen LogP contribution in [0.25, 0.3) is 0 Å². The topological polar surface area (TPSA) is 73.9 Å². The SMILES string of the molecule is CCC(CC)COC(=O)[C@H](Cc1ccccc1)NP(=O)(Oc1ccccc1)Oc1c(F)c(F)c(F)c(F)c1F. The molecular formula is C27H27F5NO5P. The van der Waals surface area contributed by atoms with Crippen molar-refractivity contribution in [1.29, 1.82) is 0 Å². The Morgan fingerprint density at radius 2 is 1.31 bits per heavy atom. The lowest BCUT2D eigenvalue weighted by atomic mass is 10.0. The van der Waals surface area contributed by atoms with Gasteiger partial charge in [0.15, 0.2) is 0 Å². The number of hydrogen-bond acceptors (Lipinski definition) is 5.